The number of hydrogen-bond donors (Lipinski definition) is 0. The minimum atomic E-state index is -0.844. The molecule has 0 bridgehead atoms. The third-order valence-electron chi connectivity index (χ3n) is 2.06. The summed E-state index contributed by atoms with van der Waals surface area (Å²) in [6.07, 6.45) is 2.88. The van der Waals surface area contributed by atoms with Crippen molar-refractivity contribution in [1.82, 2.24) is 0 Å². The zero-order valence-electron chi connectivity index (χ0n) is 8.99. The fraction of sp³-hybridized carbons (Fsp3) is 0.333. The van der Waals surface area contributed by atoms with Crippen LogP contribution in [0.5, 0.6) is 0 Å². The number of benzene rings is 1. The van der Waals surface area contributed by atoms with E-state index in [4.69, 9.17) is 4.43 Å². The van der Waals surface area contributed by atoms with Crippen molar-refractivity contribution in [3.05, 3.63) is 42.0 Å². The van der Waals surface area contributed by atoms with Crippen molar-refractivity contribution in [2.45, 2.75) is 19.5 Å². The Morgan fingerprint density at radius 1 is 1.29 bits per heavy atom. The standard InChI is InChI=1S/C12H18OSi/c1-4-11-5-7-12(8-6-11)9-10-13-14(2)3/h4-8,14H,1,9-10H2,2-3H3. The van der Waals surface area contributed by atoms with Crippen molar-refractivity contribution < 1.29 is 4.43 Å². The maximum absolute atomic E-state index is 5.62. The van der Waals surface area contributed by atoms with E-state index in [-0.39, 0.29) is 0 Å². The predicted molar refractivity (Wildman–Crippen MR) is 65.1 cm³/mol. The first-order valence-corrected chi connectivity index (χ1v) is 7.83. The predicted octanol–water partition coefficient (Wildman–Crippen LogP) is 2.87. The highest BCUT2D eigenvalue weighted by Gasteiger charge is 1.96. The lowest BCUT2D eigenvalue weighted by atomic mass is 10.1. The van der Waals surface area contributed by atoms with E-state index in [0.29, 0.717) is 0 Å². The van der Waals surface area contributed by atoms with Crippen molar-refractivity contribution in [2.24, 2.45) is 0 Å². The van der Waals surface area contributed by atoms with Gasteiger partial charge in [-0.25, -0.2) is 0 Å². The van der Waals surface area contributed by atoms with Crippen LogP contribution in [0.3, 0.4) is 0 Å². The van der Waals surface area contributed by atoms with Crippen LogP contribution in [0, 0.1) is 0 Å². The molecule has 0 radical (unpaired) electrons. The van der Waals surface area contributed by atoms with Gasteiger partial charge in [0.2, 0.25) is 0 Å². The van der Waals surface area contributed by atoms with Crippen LogP contribution in [0.2, 0.25) is 13.1 Å². The van der Waals surface area contributed by atoms with Crippen molar-refractivity contribution in [3.8, 4) is 0 Å². The highest BCUT2D eigenvalue weighted by molar-refractivity contribution is 6.48. The van der Waals surface area contributed by atoms with Crippen LogP contribution < -0.4 is 0 Å². The highest BCUT2D eigenvalue weighted by Crippen LogP contribution is 2.06. The molecule has 76 valence electrons. The van der Waals surface area contributed by atoms with Crippen LogP contribution in [-0.4, -0.2) is 15.6 Å². The average molecular weight is 206 g/mol. The molecule has 1 nitrogen and oxygen atoms in total. The third-order valence-corrected chi connectivity index (χ3v) is 2.96. The Bertz CT molecular complexity index is 277. The molecule has 0 N–H and O–H groups in total. The van der Waals surface area contributed by atoms with Crippen LogP contribution in [-0.2, 0) is 10.8 Å². The summed E-state index contributed by atoms with van der Waals surface area (Å²) < 4.78 is 5.62. The van der Waals surface area contributed by atoms with E-state index in [1.807, 2.05) is 6.08 Å². The Balaban J connectivity index is 2.40. The van der Waals surface area contributed by atoms with E-state index in [1.54, 1.807) is 0 Å². The quantitative estimate of drug-likeness (QED) is 0.673. The van der Waals surface area contributed by atoms with Gasteiger partial charge in [-0.15, -0.1) is 0 Å². The lowest BCUT2D eigenvalue weighted by molar-refractivity contribution is 0.331. The lowest BCUT2D eigenvalue weighted by Crippen LogP contribution is -2.10. The highest BCUT2D eigenvalue weighted by atomic mass is 28.3. The number of rotatable bonds is 5. The molecule has 0 saturated heterocycles. The zero-order chi connectivity index (χ0) is 10.4. The van der Waals surface area contributed by atoms with E-state index in [2.05, 4.69) is 43.9 Å². The molecule has 0 aliphatic heterocycles. The van der Waals surface area contributed by atoms with Gasteiger partial charge >= 0.3 is 0 Å². The summed E-state index contributed by atoms with van der Waals surface area (Å²) in [5, 5.41) is 0. The molecule has 0 amide bonds. The molecule has 1 rings (SSSR count). The Hall–Kier alpha value is -0.863. The SMILES string of the molecule is C=Cc1ccc(CCO[SiH](C)C)cc1. The molecule has 0 fully saturated rings. The summed E-state index contributed by atoms with van der Waals surface area (Å²) in [5.41, 5.74) is 2.51. The van der Waals surface area contributed by atoms with Crippen LogP contribution in [0.1, 0.15) is 11.1 Å². The van der Waals surface area contributed by atoms with Gasteiger partial charge in [0, 0.05) is 6.61 Å². The minimum absolute atomic E-state index is 0.844. The van der Waals surface area contributed by atoms with Gasteiger partial charge in [-0.1, -0.05) is 36.9 Å². The Kier molecular flexibility index (Phi) is 4.63. The molecule has 1 aromatic carbocycles. The van der Waals surface area contributed by atoms with Crippen molar-refractivity contribution in [1.29, 1.82) is 0 Å². The monoisotopic (exact) mass is 206 g/mol. The number of hydrogen-bond acceptors (Lipinski definition) is 1. The largest absolute Gasteiger partial charge is 0.420 e. The van der Waals surface area contributed by atoms with E-state index >= 15 is 0 Å². The summed E-state index contributed by atoms with van der Waals surface area (Å²) in [7, 11) is -0.844. The fourth-order valence-electron chi connectivity index (χ4n) is 1.23. The Labute approximate surface area is 88.1 Å². The molecule has 0 saturated carbocycles. The summed E-state index contributed by atoms with van der Waals surface area (Å²) in [6, 6.07) is 8.47. The molecule has 2 heteroatoms. The smallest absolute Gasteiger partial charge is 0.170 e. The molecule has 1 aromatic rings. The van der Waals surface area contributed by atoms with Gasteiger partial charge in [0.05, 0.1) is 0 Å². The van der Waals surface area contributed by atoms with Crippen LogP contribution in [0.15, 0.2) is 30.8 Å². The first kappa shape index (κ1) is 11.2. The van der Waals surface area contributed by atoms with E-state index < -0.39 is 9.04 Å². The lowest BCUT2D eigenvalue weighted by Gasteiger charge is -2.06. The van der Waals surface area contributed by atoms with Gasteiger partial charge in [-0.3, -0.25) is 0 Å². The molecule has 0 aliphatic rings. The van der Waals surface area contributed by atoms with Gasteiger partial charge in [0.25, 0.3) is 0 Å². The molecule has 0 atom stereocenters. The van der Waals surface area contributed by atoms with Gasteiger partial charge in [0.1, 0.15) is 0 Å². The molecule has 0 heterocycles. The van der Waals surface area contributed by atoms with Crippen LogP contribution >= 0.6 is 0 Å². The molecule has 0 aromatic heterocycles. The topological polar surface area (TPSA) is 9.23 Å². The first-order valence-electron chi connectivity index (χ1n) is 5.05. The maximum Gasteiger partial charge on any atom is 0.170 e. The zero-order valence-corrected chi connectivity index (χ0v) is 10.1. The molecule has 0 unspecified atom stereocenters. The normalized spacial score (nSPS) is 10.5. The first-order chi connectivity index (χ1) is 6.72. The van der Waals surface area contributed by atoms with Gasteiger partial charge < -0.3 is 4.43 Å². The maximum atomic E-state index is 5.62. The summed E-state index contributed by atoms with van der Waals surface area (Å²) in [6.45, 7) is 8.98. The Morgan fingerprint density at radius 2 is 1.93 bits per heavy atom. The van der Waals surface area contributed by atoms with Crippen LogP contribution in [0.25, 0.3) is 6.08 Å². The Morgan fingerprint density at radius 3 is 2.43 bits per heavy atom. The van der Waals surface area contributed by atoms with Crippen molar-refractivity contribution >= 4 is 15.1 Å². The second kappa shape index (κ2) is 5.78. The van der Waals surface area contributed by atoms with Gasteiger partial charge in [-0.2, -0.15) is 0 Å². The van der Waals surface area contributed by atoms with Crippen molar-refractivity contribution in [2.75, 3.05) is 6.61 Å². The molecule has 0 aliphatic carbocycles. The van der Waals surface area contributed by atoms with Gasteiger partial charge in [0.15, 0.2) is 9.04 Å². The minimum Gasteiger partial charge on any atom is -0.420 e. The molecule has 14 heavy (non-hydrogen) atoms. The van der Waals surface area contributed by atoms with Crippen LogP contribution in [0.4, 0.5) is 0 Å². The molecular weight excluding hydrogens is 188 g/mol. The third kappa shape index (κ3) is 3.90. The van der Waals surface area contributed by atoms with E-state index in [9.17, 15) is 0 Å². The average Bonchev–Trinajstić information content (AvgIpc) is 2.18. The van der Waals surface area contributed by atoms with E-state index in [1.165, 1.54) is 11.1 Å². The summed E-state index contributed by atoms with van der Waals surface area (Å²) in [5.74, 6) is 0. The summed E-state index contributed by atoms with van der Waals surface area (Å²) >= 11 is 0. The summed E-state index contributed by atoms with van der Waals surface area (Å²) in [4.78, 5) is 0. The fourth-order valence-corrected chi connectivity index (χ4v) is 1.82. The second-order valence-electron chi connectivity index (χ2n) is 3.62. The van der Waals surface area contributed by atoms with Crippen molar-refractivity contribution in [3.63, 3.8) is 0 Å². The van der Waals surface area contributed by atoms with E-state index in [0.717, 1.165) is 13.0 Å². The van der Waals surface area contributed by atoms with Gasteiger partial charge in [-0.05, 0) is 30.6 Å². The molecular formula is C12H18OSi. The molecule has 0 spiro atoms. The second-order valence-corrected chi connectivity index (χ2v) is 6.05.